The first-order valence-corrected chi connectivity index (χ1v) is 13.3. The fraction of sp³-hybridized carbons (Fsp3) is 0.913. The Morgan fingerprint density at radius 1 is 0.927 bits per heavy atom. The van der Waals surface area contributed by atoms with Crippen LogP contribution >= 0.6 is 0 Å². The molecule has 6 N–H and O–H groups in total. The largest absolute Gasteiger partial charge is 0.388 e. The number of azide groups is 1. The quantitative estimate of drug-likeness (QED) is 0.0703. The number of aliphatic hydroxyl groups is 6. The van der Waals surface area contributed by atoms with Gasteiger partial charge in [-0.1, -0.05) is 10.3 Å². The summed E-state index contributed by atoms with van der Waals surface area (Å²) in [5, 5.41) is 73.4. The van der Waals surface area contributed by atoms with Crippen LogP contribution in [0.5, 0.6) is 0 Å². The summed E-state index contributed by atoms with van der Waals surface area (Å²) in [7, 11) is 0. The maximum absolute atomic E-state index is 10.5. The summed E-state index contributed by atoms with van der Waals surface area (Å²) < 4.78 is 35.0. The standard InChI is InChI=1S/C23H40N6O12/c1-4-36-10-23(3,11-37-5-2)38-9-12-7-29(28-26-12)8-14-16(31)18(33)20(35)22(40-14)41-21-19(34)17(32)15(30)13(39-21)6-25-27-24/h7,13-22,30-35H,4-6,8-11H2,1-3H3/t13?,14-,15-,16-,17+,18?,19?,20?,21-,22-/m1/s1. The van der Waals surface area contributed by atoms with Crippen molar-refractivity contribution in [3.8, 4) is 0 Å². The van der Waals surface area contributed by atoms with Crippen molar-refractivity contribution in [2.24, 2.45) is 5.11 Å². The molecule has 2 aliphatic rings. The van der Waals surface area contributed by atoms with Gasteiger partial charge in [0.25, 0.3) is 0 Å². The SMILES string of the molecule is CCOCC(C)(COCC)OCc1cn(C[C@H]2O[C@H](O[C@H]3OC(CN=[N+]=[N-])[C@@H](O)[C@H](O)C3O)C(O)C(O)[C@@H]2O)nn1. The maximum Gasteiger partial charge on any atom is 0.189 e. The Balaban J connectivity index is 1.64. The lowest BCUT2D eigenvalue weighted by atomic mass is 9.97. The lowest BCUT2D eigenvalue weighted by molar-refractivity contribution is -0.373. The monoisotopic (exact) mass is 592 g/mol. The molecule has 0 aromatic carbocycles. The van der Waals surface area contributed by atoms with Crippen molar-refractivity contribution in [3.63, 3.8) is 0 Å². The topological polar surface area (TPSA) is 256 Å². The average Bonchev–Trinajstić information content (AvgIpc) is 3.42. The molecule has 234 valence electrons. The summed E-state index contributed by atoms with van der Waals surface area (Å²) in [6.45, 7) is 6.83. The molecule has 3 rings (SSSR count). The van der Waals surface area contributed by atoms with E-state index >= 15 is 0 Å². The molecule has 3 heterocycles. The molecule has 18 nitrogen and oxygen atoms in total. The molecule has 0 spiro atoms. The van der Waals surface area contributed by atoms with Crippen molar-refractivity contribution in [3.05, 3.63) is 22.3 Å². The summed E-state index contributed by atoms with van der Waals surface area (Å²) in [5.41, 5.74) is 8.28. The Labute approximate surface area is 235 Å². The van der Waals surface area contributed by atoms with Gasteiger partial charge in [0, 0.05) is 18.1 Å². The van der Waals surface area contributed by atoms with E-state index in [1.54, 1.807) is 6.20 Å². The minimum Gasteiger partial charge on any atom is -0.388 e. The van der Waals surface area contributed by atoms with Gasteiger partial charge in [-0.05, 0) is 26.3 Å². The van der Waals surface area contributed by atoms with Gasteiger partial charge in [-0.2, -0.15) is 0 Å². The minimum atomic E-state index is -1.78. The highest BCUT2D eigenvalue weighted by molar-refractivity contribution is 4.95. The van der Waals surface area contributed by atoms with Crippen LogP contribution in [0.2, 0.25) is 0 Å². The van der Waals surface area contributed by atoms with Crippen LogP contribution in [0.3, 0.4) is 0 Å². The first-order chi connectivity index (χ1) is 19.5. The molecule has 41 heavy (non-hydrogen) atoms. The molecule has 4 unspecified atom stereocenters. The van der Waals surface area contributed by atoms with E-state index in [0.717, 1.165) is 0 Å². The molecule has 1 aromatic heterocycles. The van der Waals surface area contributed by atoms with Gasteiger partial charge in [0.2, 0.25) is 0 Å². The van der Waals surface area contributed by atoms with E-state index in [0.29, 0.717) is 32.1 Å². The van der Waals surface area contributed by atoms with Crippen LogP contribution in [0.25, 0.3) is 10.4 Å². The Morgan fingerprint density at radius 2 is 1.49 bits per heavy atom. The van der Waals surface area contributed by atoms with Crippen LogP contribution in [0.1, 0.15) is 26.5 Å². The fourth-order valence-electron chi connectivity index (χ4n) is 4.30. The highest BCUT2D eigenvalue weighted by atomic mass is 16.8. The third-order valence-corrected chi connectivity index (χ3v) is 6.67. The van der Waals surface area contributed by atoms with Crippen molar-refractivity contribution in [1.29, 1.82) is 0 Å². The summed E-state index contributed by atoms with van der Waals surface area (Å²) in [6, 6.07) is 0. The Morgan fingerprint density at radius 3 is 2.05 bits per heavy atom. The van der Waals surface area contributed by atoms with E-state index in [1.165, 1.54) is 4.68 Å². The Hall–Kier alpha value is -2.03. The van der Waals surface area contributed by atoms with Crippen molar-refractivity contribution in [2.45, 2.75) is 101 Å². The summed E-state index contributed by atoms with van der Waals surface area (Å²) in [4.78, 5) is 2.57. The number of hydrogen-bond acceptors (Lipinski definition) is 15. The van der Waals surface area contributed by atoms with Crippen molar-refractivity contribution < 1.29 is 59.1 Å². The first-order valence-electron chi connectivity index (χ1n) is 13.3. The van der Waals surface area contributed by atoms with Crippen LogP contribution < -0.4 is 0 Å². The second kappa shape index (κ2) is 15.4. The van der Waals surface area contributed by atoms with Crippen molar-refractivity contribution >= 4 is 0 Å². The van der Waals surface area contributed by atoms with E-state index in [-0.39, 0.29) is 19.7 Å². The highest BCUT2D eigenvalue weighted by Crippen LogP contribution is 2.29. The van der Waals surface area contributed by atoms with Gasteiger partial charge in [0.15, 0.2) is 12.6 Å². The molecule has 18 heteroatoms. The van der Waals surface area contributed by atoms with Gasteiger partial charge in [-0.25, -0.2) is 4.68 Å². The number of aromatic nitrogens is 3. The molecule has 0 aliphatic carbocycles. The zero-order chi connectivity index (χ0) is 30.2. The molecule has 2 fully saturated rings. The number of rotatable bonds is 15. The van der Waals surface area contributed by atoms with Crippen LogP contribution in [0.15, 0.2) is 11.3 Å². The normalized spacial score (nSPS) is 34.4. The van der Waals surface area contributed by atoms with E-state index < -0.39 is 67.0 Å². The van der Waals surface area contributed by atoms with Crippen molar-refractivity contribution in [2.75, 3.05) is 33.0 Å². The van der Waals surface area contributed by atoms with Crippen LogP contribution in [-0.4, -0.2) is 146 Å². The molecular weight excluding hydrogens is 552 g/mol. The third kappa shape index (κ3) is 8.74. The molecule has 1 aromatic rings. The van der Waals surface area contributed by atoms with E-state index in [2.05, 4.69) is 20.3 Å². The summed E-state index contributed by atoms with van der Waals surface area (Å²) >= 11 is 0. The number of nitrogens with zero attached hydrogens (tertiary/aromatic N) is 6. The molecular formula is C23H40N6O12. The van der Waals surface area contributed by atoms with Gasteiger partial charge in [0.05, 0.1) is 45.2 Å². The molecule has 10 atom stereocenters. The van der Waals surface area contributed by atoms with E-state index in [9.17, 15) is 30.6 Å². The Kier molecular flexibility index (Phi) is 12.6. The third-order valence-electron chi connectivity index (χ3n) is 6.67. The van der Waals surface area contributed by atoms with E-state index in [4.69, 9.17) is 34.0 Å². The van der Waals surface area contributed by atoms with Gasteiger partial charge in [0.1, 0.15) is 54.0 Å². The molecule has 2 aliphatic heterocycles. The van der Waals surface area contributed by atoms with E-state index in [1.807, 2.05) is 20.8 Å². The number of aliphatic hydroxyl groups excluding tert-OH is 6. The fourth-order valence-corrected chi connectivity index (χ4v) is 4.30. The van der Waals surface area contributed by atoms with Gasteiger partial charge < -0.3 is 59.1 Å². The van der Waals surface area contributed by atoms with Crippen molar-refractivity contribution in [1.82, 2.24) is 15.0 Å². The first kappa shape index (κ1) is 33.5. The van der Waals surface area contributed by atoms with Crippen LogP contribution in [0.4, 0.5) is 0 Å². The Bertz CT molecular complexity index is 975. The lowest BCUT2D eigenvalue weighted by Crippen LogP contribution is -2.63. The maximum atomic E-state index is 10.5. The van der Waals surface area contributed by atoms with Gasteiger partial charge in [-0.15, -0.1) is 5.10 Å². The molecule has 0 amide bonds. The lowest BCUT2D eigenvalue weighted by Gasteiger charge is -2.44. The van der Waals surface area contributed by atoms with Crippen LogP contribution in [-0.2, 0) is 41.6 Å². The molecule has 0 bridgehead atoms. The zero-order valence-corrected chi connectivity index (χ0v) is 23.1. The summed E-state index contributed by atoms with van der Waals surface area (Å²) in [5.74, 6) is 0. The molecule has 0 radical (unpaired) electrons. The second-order valence-electron chi connectivity index (χ2n) is 10.0. The van der Waals surface area contributed by atoms with Gasteiger partial charge >= 0.3 is 0 Å². The highest BCUT2D eigenvalue weighted by Gasteiger charge is 2.49. The zero-order valence-electron chi connectivity index (χ0n) is 23.1. The summed E-state index contributed by atoms with van der Waals surface area (Å²) in [6.07, 6.45) is -14.3. The van der Waals surface area contributed by atoms with Gasteiger partial charge in [-0.3, -0.25) is 0 Å². The molecule has 0 saturated carbocycles. The number of hydrogen-bond donors (Lipinski definition) is 6. The predicted molar refractivity (Wildman–Crippen MR) is 135 cm³/mol. The predicted octanol–water partition coefficient (Wildman–Crippen LogP) is -2.43. The molecule has 2 saturated heterocycles. The smallest absolute Gasteiger partial charge is 0.189 e. The average molecular weight is 593 g/mol. The van der Waals surface area contributed by atoms with Crippen LogP contribution in [0, 0.1) is 0 Å². The number of ether oxygens (including phenoxy) is 6. The minimum absolute atomic E-state index is 0.0832. The second-order valence-corrected chi connectivity index (χ2v) is 10.0.